The Morgan fingerprint density at radius 2 is 2.22 bits per heavy atom. The van der Waals surface area contributed by atoms with E-state index in [0.29, 0.717) is 12.1 Å². The van der Waals surface area contributed by atoms with Crippen LogP contribution in [0.25, 0.3) is 0 Å². The summed E-state index contributed by atoms with van der Waals surface area (Å²) in [4.78, 5) is 33.6. The molecule has 0 aliphatic carbocycles. The Kier molecular flexibility index (Phi) is 5.15. The highest BCUT2D eigenvalue weighted by Crippen LogP contribution is 2.15. The fraction of sp³-hybridized carbons (Fsp3) is 0.600. The zero-order chi connectivity index (χ0) is 17.0. The van der Waals surface area contributed by atoms with Crippen LogP contribution in [0, 0.1) is 0 Å². The van der Waals surface area contributed by atoms with E-state index in [1.54, 1.807) is 20.8 Å². The Labute approximate surface area is 135 Å². The largest absolute Gasteiger partial charge is 0.444 e. The zero-order valence-corrected chi connectivity index (χ0v) is 13.6. The number of amides is 1. The van der Waals surface area contributed by atoms with E-state index in [-0.39, 0.29) is 31.2 Å². The van der Waals surface area contributed by atoms with E-state index in [1.807, 2.05) is 0 Å². The van der Waals surface area contributed by atoms with E-state index in [4.69, 9.17) is 15.2 Å². The molecule has 2 N–H and O–H groups in total. The van der Waals surface area contributed by atoms with Gasteiger partial charge in [0.2, 0.25) is 0 Å². The van der Waals surface area contributed by atoms with Crippen molar-refractivity contribution in [2.24, 2.45) is 0 Å². The number of nitrogen functional groups attached to an aromatic ring is 1. The van der Waals surface area contributed by atoms with Gasteiger partial charge >= 0.3 is 6.09 Å². The lowest BCUT2D eigenvalue weighted by atomic mass is 10.1. The predicted molar refractivity (Wildman–Crippen MR) is 82.7 cm³/mol. The van der Waals surface area contributed by atoms with Crippen LogP contribution < -0.4 is 5.73 Å². The molecule has 1 aromatic rings. The first kappa shape index (κ1) is 17.1. The summed E-state index contributed by atoms with van der Waals surface area (Å²) in [7, 11) is 0. The Morgan fingerprint density at radius 3 is 2.87 bits per heavy atom. The monoisotopic (exact) mass is 322 g/mol. The molecule has 0 radical (unpaired) electrons. The van der Waals surface area contributed by atoms with Crippen LogP contribution in [0.2, 0.25) is 0 Å². The SMILES string of the molecule is CC(C)(C)OC(=O)N1CCO[C@H](C(=O)Cc2cncnc2N)C1. The second-order valence-electron chi connectivity index (χ2n) is 6.36. The number of nitrogens with two attached hydrogens (primary N) is 1. The maximum atomic E-state index is 12.4. The average molecular weight is 322 g/mol. The number of carbonyl (C=O) groups excluding carboxylic acids is 2. The third-order valence-electron chi connectivity index (χ3n) is 3.26. The van der Waals surface area contributed by atoms with Crippen molar-refractivity contribution >= 4 is 17.7 Å². The van der Waals surface area contributed by atoms with E-state index in [0.717, 1.165) is 0 Å². The van der Waals surface area contributed by atoms with Gasteiger partial charge in [0, 0.05) is 24.7 Å². The molecule has 2 heterocycles. The van der Waals surface area contributed by atoms with Gasteiger partial charge in [0.25, 0.3) is 0 Å². The molecule has 0 unspecified atom stereocenters. The number of ketones is 1. The van der Waals surface area contributed by atoms with Gasteiger partial charge in [-0.2, -0.15) is 0 Å². The Hall–Kier alpha value is -2.22. The summed E-state index contributed by atoms with van der Waals surface area (Å²) in [6, 6.07) is 0. The molecule has 0 saturated carbocycles. The lowest BCUT2D eigenvalue weighted by Gasteiger charge is -2.33. The number of aromatic nitrogens is 2. The molecule has 1 amide bonds. The first-order chi connectivity index (χ1) is 10.8. The number of anilines is 1. The highest BCUT2D eigenvalue weighted by molar-refractivity contribution is 5.86. The van der Waals surface area contributed by atoms with E-state index >= 15 is 0 Å². The van der Waals surface area contributed by atoms with Gasteiger partial charge in [-0.15, -0.1) is 0 Å². The maximum absolute atomic E-state index is 12.4. The molecule has 2 rings (SSSR count). The molecule has 1 aromatic heterocycles. The second kappa shape index (κ2) is 6.91. The van der Waals surface area contributed by atoms with Crippen molar-refractivity contribution in [2.45, 2.75) is 38.9 Å². The molecule has 8 heteroatoms. The molecule has 1 aliphatic heterocycles. The van der Waals surface area contributed by atoms with Gasteiger partial charge in [-0.3, -0.25) is 4.79 Å². The minimum absolute atomic E-state index is 0.0689. The molecule has 1 saturated heterocycles. The van der Waals surface area contributed by atoms with Crippen LogP contribution in [-0.4, -0.2) is 58.1 Å². The molecule has 1 atom stereocenters. The first-order valence-electron chi connectivity index (χ1n) is 7.43. The predicted octanol–water partition coefficient (Wildman–Crippen LogP) is 0.806. The van der Waals surface area contributed by atoms with Crippen LogP contribution in [-0.2, 0) is 20.7 Å². The van der Waals surface area contributed by atoms with Crippen molar-refractivity contribution in [3.63, 3.8) is 0 Å². The average Bonchev–Trinajstić information content (AvgIpc) is 2.48. The number of ether oxygens (including phenoxy) is 2. The molecule has 1 aliphatic rings. The smallest absolute Gasteiger partial charge is 0.410 e. The Morgan fingerprint density at radius 1 is 1.48 bits per heavy atom. The minimum atomic E-state index is -0.698. The van der Waals surface area contributed by atoms with Crippen molar-refractivity contribution in [1.82, 2.24) is 14.9 Å². The van der Waals surface area contributed by atoms with E-state index in [2.05, 4.69) is 9.97 Å². The summed E-state index contributed by atoms with van der Waals surface area (Å²) in [6.07, 6.45) is 1.76. The fourth-order valence-corrected chi connectivity index (χ4v) is 2.14. The number of carbonyl (C=O) groups is 2. The lowest BCUT2D eigenvalue weighted by Crippen LogP contribution is -2.50. The van der Waals surface area contributed by atoms with Crippen molar-refractivity contribution in [2.75, 3.05) is 25.4 Å². The molecule has 0 aromatic carbocycles. The number of nitrogens with zero attached hydrogens (tertiary/aromatic N) is 3. The first-order valence-corrected chi connectivity index (χ1v) is 7.43. The number of morpholine rings is 1. The normalized spacial score (nSPS) is 18.6. The van der Waals surface area contributed by atoms with Crippen LogP contribution in [0.4, 0.5) is 10.6 Å². The second-order valence-corrected chi connectivity index (χ2v) is 6.36. The Balaban J connectivity index is 1.96. The van der Waals surface area contributed by atoms with Gasteiger partial charge in [-0.05, 0) is 20.8 Å². The molecule has 0 spiro atoms. The lowest BCUT2D eigenvalue weighted by molar-refractivity contribution is -0.135. The van der Waals surface area contributed by atoms with Gasteiger partial charge in [-0.25, -0.2) is 14.8 Å². The highest BCUT2D eigenvalue weighted by atomic mass is 16.6. The molecule has 8 nitrogen and oxygen atoms in total. The third-order valence-corrected chi connectivity index (χ3v) is 3.26. The molecule has 1 fully saturated rings. The molecule has 126 valence electrons. The van der Waals surface area contributed by atoms with Gasteiger partial charge in [0.05, 0.1) is 13.2 Å². The van der Waals surface area contributed by atoms with Crippen LogP contribution in [0.3, 0.4) is 0 Å². The number of rotatable bonds is 3. The van der Waals surface area contributed by atoms with Crippen molar-refractivity contribution < 1.29 is 19.1 Å². The molecule has 0 bridgehead atoms. The minimum Gasteiger partial charge on any atom is -0.444 e. The van der Waals surface area contributed by atoms with Crippen LogP contribution >= 0.6 is 0 Å². The van der Waals surface area contributed by atoms with Gasteiger partial charge in [-0.1, -0.05) is 0 Å². The Bertz CT molecular complexity index is 585. The number of hydrogen-bond acceptors (Lipinski definition) is 7. The third kappa shape index (κ3) is 4.88. The van der Waals surface area contributed by atoms with Crippen molar-refractivity contribution in [3.05, 3.63) is 18.1 Å². The van der Waals surface area contributed by atoms with E-state index < -0.39 is 17.8 Å². The topological polar surface area (TPSA) is 108 Å². The van der Waals surface area contributed by atoms with Gasteiger partial charge < -0.3 is 20.1 Å². The number of hydrogen-bond donors (Lipinski definition) is 1. The standard InChI is InChI=1S/C15H22N4O4/c1-15(2,3)23-14(21)19-4-5-22-12(8-19)11(20)6-10-7-17-9-18-13(10)16/h7,9,12H,4-6,8H2,1-3H3,(H2,16,17,18)/t12-/m0/s1. The summed E-state index contributed by atoms with van der Waals surface area (Å²) in [5.74, 6) is 0.105. The highest BCUT2D eigenvalue weighted by Gasteiger charge is 2.31. The van der Waals surface area contributed by atoms with Crippen molar-refractivity contribution in [3.8, 4) is 0 Å². The van der Waals surface area contributed by atoms with Gasteiger partial charge in [0.15, 0.2) is 5.78 Å². The van der Waals surface area contributed by atoms with Crippen LogP contribution in [0.15, 0.2) is 12.5 Å². The maximum Gasteiger partial charge on any atom is 0.410 e. The zero-order valence-electron chi connectivity index (χ0n) is 13.6. The quantitative estimate of drug-likeness (QED) is 0.877. The summed E-state index contributed by atoms with van der Waals surface area (Å²) < 4.78 is 10.8. The molecule has 23 heavy (non-hydrogen) atoms. The summed E-state index contributed by atoms with van der Waals surface area (Å²) in [5.41, 5.74) is 5.69. The van der Waals surface area contributed by atoms with Crippen LogP contribution in [0.5, 0.6) is 0 Å². The number of Topliss-reactive ketones (excluding diaryl/α,β-unsaturated/α-hetero) is 1. The molecular weight excluding hydrogens is 300 g/mol. The molecular formula is C15H22N4O4. The van der Waals surface area contributed by atoms with Crippen LogP contribution in [0.1, 0.15) is 26.3 Å². The summed E-state index contributed by atoms with van der Waals surface area (Å²) in [5, 5.41) is 0. The van der Waals surface area contributed by atoms with E-state index in [1.165, 1.54) is 17.4 Å². The van der Waals surface area contributed by atoms with Gasteiger partial charge in [0.1, 0.15) is 23.9 Å². The fourth-order valence-electron chi connectivity index (χ4n) is 2.14. The van der Waals surface area contributed by atoms with E-state index in [9.17, 15) is 9.59 Å². The summed E-state index contributed by atoms with van der Waals surface area (Å²) in [6.45, 7) is 6.25. The van der Waals surface area contributed by atoms with Crippen molar-refractivity contribution in [1.29, 1.82) is 0 Å². The summed E-state index contributed by atoms with van der Waals surface area (Å²) >= 11 is 0.